The minimum Gasteiger partial charge on any atom is -0.325 e. The lowest BCUT2D eigenvalue weighted by Crippen LogP contribution is -2.37. The summed E-state index contributed by atoms with van der Waals surface area (Å²) in [5.41, 5.74) is 0.609. The molecule has 0 saturated heterocycles. The average Bonchev–Trinajstić information content (AvgIpc) is 2.37. The van der Waals surface area contributed by atoms with Crippen LogP contribution < -0.4 is 10.4 Å². The van der Waals surface area contributed by atoms with E-state index in [-0.39, 0.29) is 18.1 Å². The number of nitrogens with one attached hydrogen (secondary N) is 2. The van der Waals surface area contributed by atoms with E-state index in [1.165, 1.54) is 0 Å². The summed E-state index contributed by atoms with van der Waals surface area (Å²) in [5, 5.41) is 5.36. The summed E-state index contributed by atoms with van der Waals surface area (Å²) in [7, 11) is -3.57. The Balaban J connectivity index is 2.71. The van der Waals surface area contributed by atoms with Crippen LogP contribution in [0.3, 0.4) is 0 Å². The molecule has 0 fully saturated rings. The largest absolute Gasteiger partial charge is 0.406 e. The van der Waals surface area contributed by atoms with Gasteiger partial charge < -0.3 is 5.32 Å². The van der Waals surface area contributed by atoms with Crippen molar-refractivity contribution in [2.45, 2.75) is 52.9 Å². The Labute approximate surface area is 131 Å². The van der Waals surface area contributed by atoms with Gasteiger partial charge in [0.05, 0.1) is 18.2 Å². The zero-order valence-corrected chi connectivity index (χ0v) is 14.5. The molecule has 0 saturated carbocycles. The molecule has 1 aromatic rings. The summed E-state index contributed by atoms with van der Waals surface area (Å²) in [4.78, 5) is 16.0. The molecule has 1 aromatic heterocycles. The van der Waals surface area contributed by atoms with Crippen molar-refractivity contribution in [1.29, 1.82) is 0 Å². The lowest BCUT2D eigenvalue weighted by molar-refractivity contribution is -0.117. The number of pyridine rings is 1. The highest BCUT2D eigenvalue weighted by atomic mass is 31.2. The van der Waals surface area contributed by atoms with E-state index in [2.05, 4.69) is 15.4 Å². The average molecular weight is 329 g/mol. The van der Waals surface area contributed by atoms with E-state index in [0.29, 0.717) is 5.69 Å². The number of anilines is 1. The highest BCUT2D eigenvalue weighted by Crippen LogP contribution is 2.46. The van der Waals surface area contributed by atoms with Gasteiger partial charge in [0, 0.05) is 18.1 Å². The normalized spacial score (nSPS) is 13.4. The van der Waals surface area contributed by atoms with Crippen molar-refractivity contribution >= 4 is 19.3 Å². The number of aromatic nitrogens is 1. The molecular weight excluding hydrogens is 305 g/mol. The second-order valence-electron chi connectivity index (χ2n) is 5.38. The minimum atomic E-state index is -3.57. The zero-order chi connectivity index (χ0) is 16.8. The van der Waals surface area contributed by atoms with Crippen LogP contribution in [-0.4, -0.2) is 29.1 Å². The van der Waals surface area contributed by atoms with Crippen molar-refractivity contribution in [3.8, 4) is 0 Å². The van der Waals surface area contributed by atoms with Gasteiger partial charge in [-0.1, -0.05) is 0 Å². The van der Waals surface area contributed by atoms with E-state index >= 15 is 0 Å². The van der Waals surface area contributed by atoms with E-state index in [1.54, 1.807) is 59.1 Å². The van der Waals surface area contributed by atoms with E-state index in [1.807, 2.05) is 0 Å². The fraction of sp³-hybridized carbons (Fsp3) is 0.571. The molecule has 1 atom stereocenters. The Kier molecular flexibility index (Phi) is 7.16. The number of carbonyl (C=O) groups excluding carboxylic acids is 1. The lowest BCUT2D eigenvalue weighted by atomic mass is 10.3. The van der Waals surface area contributed by atoms with Crippen LogP contribution in [0.4, 0.5) is 5.69 Å². The maximum absolute atomic E-state index is 12.7. The first-order valence-electron chi connectivity index (χ1n) is 7.17. The molecule has 0 radical (unpaired) electrons. The maximum Gasteiger partial charge on any atom is 0.406 e. The molecule has 1 heterocycles. The Morgan fingerprint density at radius 2 is 1.59 bits per heavy atom. The Hall–Kier alpha value is -1.27. The summed E-state index contributed by atoms with van der Waals surface area (Å²) < 4.78 is 23.4. The van der Waals surface area contributed by atoms with E-state index in [9.17, 15) is 9.36 Å². The van der Waals surface area contributed by atoms with Gasteiger partial charge in [-0.15, -0.1) is 0 Å². The predicted octanol–water partition coefficient (Wildman–Crippen LogP) is 2.96. The molecule has 1 amide bonds. The van der Waals surface area contributed by atoms with Crippen LogP contribution in [0, 0.1) is 0 Å². The highest BCUT2D eigenvalue weighted by molar-refractivity contribution is 7.51. The third-order valence-corrected chi connectivity index (χ3v) is 4.49. The minimum absolute atomic E-state index is 0.299. The number of amides is 1. The van der Waals surface area contributed by atoms with Crippen molar-refractivity contribution in [2.75, 3.05) is 5.32 Å². The van der Waals surface area contributed by atoms with Crippen LogP contribution in [0.1, 0.15) is 34.6 Å². The summed E-state index contributed by atoms with van der Waals surface area (Å²) >= 11 is 0. The second-order valence-corrected chi connectivity index (χ2v) is 7.06. The van der Waals surface area contributed by atoms with E-state index in [4.69, 9.17) is 9.05 Å². The van der Waals surface area contributed by atoms with Gasteiger partial charge in [0.15, 0.2) is 0 Å². The molecule has 0 aliphatic heterocycles. The molecule has 0 unspecified atom stereocenters. The fourth-order valence-corrected chi connectivity index (χ4v) is 3.50. The lowest BCUT2D eigenvalue weighted by Gasteiger charge is -2.25. The van der Waals surface area contributed by atoms with Crippen molar-refractivity contribution in [3.63, 3.8) is 0 Å². The summed E-state index contributed by atoms with van der Waals surface area (Å²) in [6, 6.07) is 2.58. The van der Waals surface area contributed by atoms with Gasteiger partial charge in [-0.2, -0.15) is 0 Å². The molecule has 124 valence electrons. The molecule has 0 bridgehead atoms. The van der Waals surface area contributed by atoms with E-state index < -0.39 is 13.8 Å². The number of hydrogen-bond acceptors (Lipinski definition) is 5. The van der Waals surface area contributed by atoms with Crippen LogP contribution in [-0.2, 0) is 18.4 Å². The molecular formula is C14H24N3O4P. The van der Waals surface area contributed by atoms with Crippen LogP contribution in [0.25, 0.3) is 0 Å². The second kappa shape index (κ2) is 8.39. The molecule has 1 rings (SSSR count). The smallest absolute Gasteiger partial charge is 0.325 e. The summed E-state index contributed by atoms with van der Waals surface area (Å²) in [6.45, 7) is 8.59. The van der Waals surface area contributed by atoms with Crippen molar-refractivity contribution in [1.82, 2.24) is 10.1 Å². The van der Waals surface area contributed by atoms with Gasteiger partial charge in [0.2, 0.25) is 5.91 Å². The van der Waals surface area contributed by atoms with E-state index in [0.717, 1.165) is 0 Å². The Bertz CT molecular complexity index is 508. The van der Waals surface area contributed by atoms with Crippen LogP contribution >= 0.6 is 7.75 Å². The molecule has 2 N–H and O–H groups in total. The summed E-state index contributed by atoms with van der Waals surface area (Å²) in [5.74, 6) is -0.342. The van der Waals surface area contributed by atoms with Crippen molar-refractivity contribution in [3.05, 3.63) is 24.5 Å². The molecule has 0 spiro atoms. The van der Waals surface area contributed by atoms with Crippen LogP contribution in [0.2, 0.25) is 0 Å². The SMILES string of the molecule is CC(C)OP(=O)(N[C@@H](C)C(=O)Nc1ccncc1)OC(C)C. The molecule has 0 aliphatic rings. The van der Waals surface area contributed by atoms with Gasteiger partial charge in [-0.25, -0.2) is 9.65 Å². The monoisotopic (exact) mass is 329 g/mol. The standard InChI is InChI=1S/C14H24N3O4P/c1-10(2)20-22(19,21-11(3)4)17-12(5)14(18)16-13-6-8-15-9-7-13/h6-12H,1-5H3,(H,17,19)(H,15,16,18)/t12-/m0/s1. The van der Waals surface area contributed by atoms with Gasteiger partial charge in [-0.3, -0.25) is 18.8 Å². The van der Waals surface area contributed by atoms with Gasteiger partial charge >= 0.3 is 7.75 Å². The molecule has 8 heteroatoms. The first-order valence-corrected chi connectivity index (χ1v) is 8.71. The summed E-state index contributed by atoms with van der Waals surface area (Å²) in [6.07, 6.45) is 2.55. The van der Waals surface area contributed by atoms with Crippen molar-refractivity contribution in [2.24, 2.45) is 0 Å². The number of carbonyl (C=O) groups is 1. The molecule has 7 nitrogen and oxygen atoms in total. The van der Waals surface area contributed by atoms with Gasteiger partial charge in [0.1, 0.15) is 0 Å². The fourth-order valence-electron chi connectivity index (χ4n) is 1.62. The predicted molar refractivity (Wildman–Crippen MR) is 85.5 cm³/mol. The third kappa shape index (κ3) is 6.66. The number of rotatable bonds is 8. The first kappa shape index (κ1) is 18.8. The van der Waals surface area contributed by atoms with Gasteiger partial charge in [0.25, 0.3) is 0 Å². The topological polar surface area (TPSA) is 89.5 Å². The number of nitrogens with zero attached hydrogens (tertiary/aromatic N) is 1. The third-order valence-electron chi connectivity index (χ3n) is 2.39. The molecule has 0 aliphatic carbocycles. The Morgan fingerprint density at radius 3 is 2.05 bits per heavy atom. The maximum atomic E-state index is 12.7. The Morgan fingerprint density at radius 1 is 1.09 bits per heavy atom. The number of hydrogen-bond donors (Lipinski definition) is 2. The molecule has 22 heavy (non-hydrogen) atoms. The van der Waals surface area contributed by atoms with Crippen molar-refractivity contribution < 1.29 is 18.4 Å². The first-order chi connectivity index (χ1) is 10.2. The van der Waals surface area contributed by atoms with Gasteiger partial charge in [-0.05, 0) is 46.8 Å². The van der Waals surface area contributed by atoms with Crippen LogP contribution in [0.5, 0.6) is 0 Å². The highest BCUT2D eigenvalue weighted by Gasteiger charge is 2.31. The molecule has 0 aromatic carbocycles. The van der Waals surface area contributed by atoms with Crippen LogP contribution in [0.15, 0.2) is 24.5 Å². The zero-order valence-electron chi connectivity index (χ0n) is 13.6. The quantitative estimate of drug-likeness (QED) is 0.713.